The zero-order valence-electron chi connectivity index (χ0n) is 13.6. The van der Waals surface area contributed by atoms with E-state index in [1.54, 1.807) is 0 Å². The van der Waals surface area contributed by atoms with Gasteiger partial charge in [-0.25, -0.2) is 0 Å². The smallest absolute Gasteiger partial charge is 0.0701 e. The maximum Gasteiger partial charge on any atom is 0.0701 e. The summed E-state index contributed by atoms with van der Waals surface area (Å²) in [6, 6.07) is 0. The van der Waals surface area contributed by atoms with Crippen molar-refractivity contribution in [3.8, 4) is 0 Å². The van der Waals surface area contributed by atoms with Crippen LogP contribution in [-0.4, -0.2) is 102 Å². The first-order valence-corrected chi connectivity index (χ1v) is 7.89. The molecule has 0 spiro atoms. The molecule has 0 saturated heterocycles. The van der Waals surface area contributed by atoms with E-state index < -0.39 is 0 Å². The summed E-state index contributed by atoms with van der Waals surface area (Å²) in [6.07, 6.45) is 0. The van der Waals surface area contributed by atoms with Gasteiger partial charge in [-0.3, -0.25) is 4.90 Å². The number of rotatable bonds is 18. The predicted molar refractivity (Wildman–Crippen MR) is 84.9 cm³/mol. The minimum Gasteiger partial charge on any atom is -0.395 e. The number of nitrogens with zero attached hydrogens (tertiary/aromatic N) is 1. The Morgan fingerprint density at radius 1 is 0.591 bits per heavy atom. The fraction of sp³-hybridized carbons (Fsp3) is 1.00. The molecule has 0 unspecified atom stereocenters. The highest BCUT2D eigenvalue weighted by atomic mass is 16.5. The average molecular weight is 323 g/mol. The fourth-order valence-corrected chi connectivity index (χ4v) is 1.67. The van der Waals surface area contributed by atoms with Crippen molar-refractivity contribution in [3.63, 3.8) is 0 Å². The van der Waals surface area contributed by atoms with Crippen LogP contribution in [0, 0.1) is 0 Å². The Morgan fingerprint density at radius 2 is 1.00 bits per heavy atom. The molecule has 0 fully saturated rings. The van der Waals surface area contributed by atoms with E-state index in [9.17, 15) is 0 Å². The number of aliphatic hydroxyl groups is 1. The fourth-order valence-electron chi connectivity index (χ4n) is 1.67. The van der Waals surface area contributed by atoms with Crippen LogP contribution in [0.15, 0.2) is 0 Å². The minimum atomic E-state index is 0.124. The van der Waals surface area contributed by atoms with Gasteiger partial charge in [0.05, 0.1) is 59.5 Å². The molecule has 8 heteroatoms. The van der Waals surface area contributed by atoms with Crippen molar-refractivity contribution in [2.75, 3.05) is 92.2 Å². The Morgan fingerprint density at radius 3 is 1.36 bits per heavy atom. The molecule has 0 aromatic heterocycles. The summed E-state index contributed by atoms with van der Waals surface area (Å²) in [5.74, 6) is 0. The molecule has 0 aliphatic rings. The molecule has 5 N–H and O–H groups in total. The molecule has 0 aliphatic heterocycles. The summed E-state index contributed by atoms with van der Waals surface area (Å²) in [5, 5.41) is 9.05. The highest BCUT2D eigenvalue weighted by Crippen LogP contribution is 1.90. The first-order valence-electron chi connectivity index (χ1n) is 7.89. The summed E-state index contributed by atoms with van der Waals surface area (Å²) in [6.45, 7) is 7.86. The van der Waals surface area contributed by atoms with Crippen molar-refractivity contribution >= 4 is 0 Å². The third-order valence-electron chi connectivity index (χ3n) is 2.79. The first kappa shape index (κ1) is 21.7. The molecule has 22 heavy (non-hydrogen) atoms. The van der Waals surface area contributed by atoms with Crippen LogP contribution in [-0.2, 0) is 18.9 Å². The predicted octanol–water partition coefficient (Wildman–Crippen LogP) is -1.74. The lowest BCUT2D eigenvalue weighted by Gasteiger charge is -2.21. The Kier molecular flexibility index (Phi) is 18.5. The van der Waals surface area contributed by atoms with Crippen molar-refractivity contribution in [1.82, 2.24) is 4.90 Å². The van der Waals surface area contributed by atoms with Gasteiger partial charge in [0.1, 0.15) is 0 Å². The van der Waals surface area contributed by atoms with Crippen LogP contribution in [0.25, 0.3) is 0 Å². The van der Waals surface area contributed by atoms with Crippen LogP contribution in [0.5, 0.6) is 0 Å². The zero-order chi connectivity index (χ0) is 16.3. The van der Waals surface area contributed by atoms with Gasteiger partial charge in [0.15, 0.2) is 0 Å². The van der Waals surface area contributed by atoms with Gasteiger partial charge in [0.2, 0.25) is 0 Å². The summed E-state index contributed by atoms with van der Waals surface area (Å²) in [5.41, 5.74) is 10.6. The van der Waals surface area contributed by atoms with Gasteiger partial charge in [-0.2, -0.15) is 0 Å². The van der Waals surface area contributed by atoms with Crippen molar-refractivity contribution < 1.29 is 24.1 Å². The van der Waals surface area contributed by atoms with E-state index in [0.29, 0.717) is 72.5 Å². The van der Waals surface area contributed by atoms with Gasteiger partial charge < -0.3 is 35.5 Å². The largest absolute Gasteiger partial charge is 0.395 e. The van der Waals surface area contributed by atoms with Crippen molar-refractivity contribution in [2.24, 2.45) is 11.5 Å². The molecule has 0 aliphatic carbocycles. The topological polar surface area (TPSA) is 112 Å². The highest BCUT2D eigenvalue weighted by Gasteiger charge is 2.04. The Balaban J connectivity index is 3.44. The zero-order valence-corrected chi connectivity index (χ0v) is 13.6. The second-order valence-electron chi connectivity index (χ2n) is 4.59. The molecule has 8 nitrogen and oxygen atoms in total. The van der Waals surface area contributed by atoms with Gasteiger partial charge in [0.25, 0.3) is 0 Å². The number of hydrogen-bond donors (Lipinski definition) is 3. The third kappa shape index (κ3) is 16.1. The molecule has 0 amide bonds. The standard InChI is InChI=1S/C14H33N3O5/c15-1-7-19-11-13-21-9-4-17(3-6-18)5-10-22-14-12-20-8-2-16/h18H,1-16H2. The quantitative estimate of drug-likeness (QED) is 0.255. The van der Waals surface area contributed by atoms with Gasteiger partial charge in [-0.15, -0.1) is 0 Å². The summed E-state index contributed by atoms with van der Waals surface area (Å²) in [7, 11) is 0. The molecule has 0 radical (unpaired) electrons. The second-order valence-corrected chi connectivity index (χ2v) is 4.59. The number of nitrogens with two attached hydrogens (primary N) is 2. The number of ether oxygens (including phenoxy) is 4. The first-order chi connectivity index (χ1) is 10.8. The van der Waals surface area contributed by atoms with Gasteiger partial charge in [-0.1, -0.05) is 0 Å². The van der Waals surface area contributed by atoms with Crippen LogP contribution in [0.1, 0.15) is 0 Å². The SMILES string of the molecule is NCCOCCOCCN(CCO)CCOCCOCCN. The molecular weight excluding hydrogens is 290 g/mol. The van der Waals surface area contributed by atoms with Crippen molar-refractivity contribution in [2.45, 2.75) is 0 Å². The maximum atomic E-state index is 9.05. The Bertz CT molecular complexity index is 195. The lowest BCUT2D eigenvalue weighted by molar-refractivity contribution is 0.0231. The number of aliphatic hydroxyl groups excluding tert-OH is 1. The number of hydrogen-bond acceptors (Lipinski definition) is 8. The van der Waals surface area contributed by atoms with E-state index in [0.717, 1.165) is 13.1 Å². The molecule has 134 valence electrons. The molecule has 0 saturated carbocycles. The Labute approximate surface area is 133 Å². The minimum absolute atomic E-state index is 0.124. The summed E-state index contributed by atoms with van der Waals surface area (Å²) >= 11 is 0. The van der Waals surface area contributed by atoms with E-state index in [-0.39, 0.29) is 6.61 Å². The van der Waals surface area contributed by atoms with E-state index in [2.05, 4.69) is 4.90 Å². The molecule has 0 aromatic rings. The molecule has 0 heterocycles. The van der Waals surface area contributed by atoms with Crippen LogP contribution in [0.2, 0.25) is 0 Å². The molecule has 0 atom stereocenters. The monoisotopic (exact) mass is 323 g/mol. The highest BCUT2D eigenvalue weighted by molar-refractivity contribution is 4.56. The summed E-state index contributed by atoms with van der Waals surface area (Å²) in [4.78, 5) is 2.10. The van der Waals surface area contributed by atoms with Gasteiger partial charge in [-0.05, 0) is 0 Å². The second kappa shape index (κ2) is 18.7. The molecule has 0 aromatic carbocycles. The lowest BCUT2D eigenvalue weighted by atomic mass is 10.4. The van der Waals surface area contributed by atoms with Crippen LogP contribution in [0.4, 0.5) is 0 Å². The molecule has 0 bridgehead atoms. The molecule has 0 rings (SSSR count). The van der Waals surface area contributed by atoms with Gasteiger partial charge >= 0.3 is 0 Å². The Hall–Kier alpha value is -0.320. The van der Waals surface area contributed by atoms with E-state index in [4.69, 9.17) is 35.5 Å². The van der Waals surface area contributed by atoms with E-state index >= 15 is 0 Å². The average Bonchev–Trinajstić information content (AvgIpc) is 2.53. The van der Waals surface area contributed by atoms with Crippen LogP contribution < -0.4 is 11.5 Å². The normalized spacial score (nSPS) is 11.5. The van der Waals surface area contributed by atoms with E-state index in [1.165, 1.54) is 0 Å². The van der Waals surface area contributed by atoms with Crippen molar-refractivity contribution in [1.29, 1.82) is 0 Å². The van der Waals surface area contributed by atoms with Crippen molar-refractivity contribution in [3.05, 3.63) is 0 Å². The third-order valence-corrected chi connectivity index (χ3v) is 2.79. The van der Waals surface area contributed by atoms with Crippen LogP contribution >= 0.6 is 0 Å². The lowest BCUT2D eigenvalue weighted by Crippen LogP contribution is -2.34. The summed E-state index contributed by atoms with van der Waals surface area (Å²) < 4.78 is 21.4. The van der Waals surface area contributed by atoms with Gasteiger partial charge in [0, 0.05) is 32.7 Å². The van der Waals surface area contributed by atoms with E-state index in [1.807, 2.05) is 0 Å². The molecular formula is C14H33N3O5. The maximum absolute atomic E-state index is 9.05. The van der Waals surface area contributed by atoms with Crippen LogP contribution in [0.3, 0.4) is 0 Å².